The van der Waals surface area contributed by atoms with E-state index in [4.69, 9.17) is 10.7 Å². The zero-order valence-electron chi connectivity index (χ0n) is 11.4. The van der Waals surface area contributed by atoms with Crippen molar-refractivity contribution in [1.82, 2.24) is 5.32 Å². The van der Waals surface area contributed by atoms with E-state index in [-0.39, 0.29) is 16.5 Å². The van der Waals surface area contributed by atoms with Crippen LogP contribution in [0.3, 0.4) is 0 Å². The van der Waals surface area contributed by atoms with Gasteiger partial charge in [0.25, 0.3) is 15.0 Å². The Morgan fingerprint density at radius 1 is 1.19 bits per heavy atom. The maximum atomic E-state index is 13.9. The fourth-order valence-electron chi connectivity index (χ4n) is 2.52. The van der Waals surface area contributed by atoms with E-state index in [9.17, 15) is 17.6 Å². The number of carbonyl (C=O) groups excluding carboxylic acids is 1. The van der Waals surface area contributed by atoms with Crippen molar-refractivity contribution in [3.8, 4) is 0 Å². The van der Waals surface area contributed by atoms with Gasteiger partial charge < -0.3 is 5.32 Å². The molecule has 7 heteroatoms. The molecule has 0 spiro atoms. The van der Waals surface area contributed by atoms with E-state index in [1.807, 2.05) is 0 Å². The molecule has 0 unspecified atom stereocenters. The van der Waals surface area contributed by atoms with Crippen LogP contribution >= 0.6 is 10.7 Å². The number of benzene rings is 1. The molecule has 0 atom stereocenters. The molecule has 21 heavy (non-hydrogen) atoms. The van der Waals surface area contributed by atoms with Crippen molar-refractivity contribution in [2.45, 2.75) is 49.5 Å². The van der Waals surface area contributed by atoms with Gasteiger partial charge in [-0.05, 0) is 31.0 Å². The molecule has 1 aliphatic carbocycles. The summed E-state index contributed by atoms with van der Waals surface area (Å²) in [6, 6.07) is 3.10. The van der Waals surface area contributed by atoms with Crippen molar-refractivity contribution < 1.29 is 17.6 Å². The molecular formula is C14H17ClFNO3S. The van der Waals surface area contributed by atoms with Gasteiger partial charge >= 0.3 is 0 Å². The molecule has 1 fully saturated rings. The van der Waals surface area contributed by atoms with Crippen LogP contribution in [0.4, 0.5) is 4.39 Å². The lowest BCUT2D eigenvalue weighted by Gasteiger charge is -2.16. The Bertz CT molecular complexity index is 625. The molecular weight excluding hydrogens is 317 g/mol. The molecule has 1 saturated carbocycles. The Morgan fingerprint density at radius 3 is 2.33 bits per heavy atom. The summed E-state index contributed by atoms with van der Waals surface area (Å²) in [6.07, 6.45) is 6.20. The van der Waals surface area contributed by atoms with Gasteiger partial charge in [-0.3, -0.25) is 4.79 Å². The minimum Gasteiger partial charge on any atom is -0.349 e. The highest BCUT2D eigenvalue weighted by molar-refractivity contribution is 8.13. The average molecular weight is 334 g/mol. The highest BCUT2D eigenvalue weighted by Gasteiger charge is 2.20. The number of rotatable bonds is 3. The number of hydrogen-bond donors (Lipinski definition) is 1. The van der Waals surface area contributed by atoms with Gasteiger partial charge in [-0.15, -0.1) is 0 Å². The van der Waals surface area contributed by atoms with Gasteiger partial charge in [0.2, 0.25) is 0 Å². The van der Waals surface area contributed by atoms with E-state index in [1.165, 1.54) is 0 Å². The van der Waals surface area contributed by atoms with Gasteiger partial charge in [0, 0.05) is 16.7 Å². The summed E-state index contributed by atoms with van der Waals surface area (Å²) < 4.78 is 36.1. The minimum atomic E-state index is -4.00. The van der Waals surface area contributed by atoms with E-state index in [2.05, 4.69) is 5.32 Å². The first-order chi connectivity index (χ1) is 9.88. The van der Waals surface area contributed by atoms with Crippen LogP contribution in [-0.2, 0) is 9.05 Å². The second-order valence-electron chi connectivity index (χ2n) is 5.24. The Labute approximate surface area is 128 Å². The lowest BCUT2D eigenvalue weighted by atomic mass is 10.1. The number of halogens is 2. The quantitative estimate of drug-likeness (QED) is 0.682. The van der Waals surface area contributed by atoms with E-state index >= 15 is 0 Å². The van der Waals surface area contributed by atoms with Gasteiger partial charge in [-0.2, -0.15) is 0 Å². The zero-order chi connectivity index (χ0) is 15.5. The molecule has 4 nitrogen and oxygen atoms in total. The first kappa shape index (κ1) is 16.2. The normalized spacial score (nSPS) is 17.2. The molecule has 2 rings (SSSR count). The monoisotopic (exact) mass is 333 g/mol. The molecule has 1 amide bonds. The highest BCUT2D eigenvalue weighted by atomic mass is 35.7. The summed E-state index contributed by atoms with van der Waals surface area (Å²) in [4.78, 5) is 11.7. The molecule has 1 aromatic carbocycles. The van der Waals surface area contributed by atoms with E-state index in [0.717, 1.165) is 56.7 Å². The topological polar surface area (TPSA) is 63.2 Å². The van der Waals surface area contributed by atoms with Crippen LogP contribution in [0.1, 0.15) is 48.9 Å². The second-order valence-corrected chi connectivity index (χ2v) is 7.81. The van der Waals surface area contributed by atoms with Crippen molar-refractivity contribution in [3.05, 3.63) is 29.6 Å². The molecule has 0 radical (unpaired) electrons. The van der Waals surface area contributed by atoms with Crippen LogP contribution in [0.25, 0.3) is 0 Å². The summed E-state index contributed by atoms with van der Waals surface area (Å²) in [5, 5.41) is 2.81. The third-order valence-electron chi connectivity index (χ3n) is 3.66. The summed E-state index contributed by atoms with van der Waals surface area (Å²) in [5.41, 5.74) is -0.164. The zero-order valence-corrected chi connectivity index (χ0v) is 13.0. The lowest BCUT2D eigenvalue weighted by Crippen LogP contribution is -2.34. The minimum absolute atomic E-state index is 0.0517. The van der Waals surface area contributed by atoms with E-state index in [0.29, 0.717) is 0 Å². The van der Waals surface area contributed by atoms with Crippen LogP contribution in [0, 0.1) is 5.82 Å². The fourth-order valence-corrected chi connectivity index (χ4v) is 3.28. The van der Waals surface area contributed by atoms with E-state index in [1.54, 1.807) is 0 Å². The van der Waals surface area contributed by atoms with Crippen LogP contribution in [0.2, 0.25) is 0 Å². The molecule has 0 heterocycles. The SMILES string of the molecule is O=C(NC1CCCCCC1)c1ccc(S(=O)(=O)Cl)cc1F. The largest absolute Gasteiger partial charge is 0.349 e. The lowest BCUT2D eigenvalue weighted by molar-refractivity contribution is 0.0929. The predicted octanol–water partition coefficient (Wildman–Crippen LogP) is 3.21. The Balaban J connectivity index is 2.12. The molecule has 116 valence electrons. The number of hydrogen-bond acceptors (Lipinski definition) is 3. The first-order valence-electron chi connectivity index (χ1n) is 6.93. The maximum Gasteiger partial charge on any atom is 0.261 e. The highest BCUT2D eigenvalue weighted by Crippen LogP contribution is 2.20. The van der Waals surface area contributed by atoms with Crippen molar-refractivity contribution in [2.24, 2.45) is 0 Å². The molecule has 1 aromatic rings. The smallest absolute Gasteiger partial charge is 0.261 e. The maximum absolute atomic E-state index is 13.9. The fraction of sp³-hybridized carbons (Fsp3) is 0.500. The number of carbonyl (C=O) groups is 1. The molecule has 0 aromatic heterocycles. The van der Waals surface area contributed by atoms with Gasteiger partial charge in [0.15, 0.2) is 0 Å². The van der Waals surface area contributed by atoms with Crippen LogP contribution in [0.15, 0.2) is 23.1 Å². The van der Waals surface area contributed by atoms with Crippen molar-refractivity contribution in [1.29, 1.82) is 0 Å². The van der Waals surface area contributed by atoms with Gasteiger partial charge in [-0.25, -0.2) is 12.8 Å². The van der Waals surface area contributed by atoms with Crippen molar-refractivity contribution in [2.75, 3.05) is 0 Å². The average Bonchev–Trinajstić information content (AvgIpc) is 2.66. The van der Waals surface area contributed by atoms with Gasteiger partial charge in [-0.1, -0.05) is 25.7 Å². The predicted molar refractivity (Wildman–Crippen MR) is 78.4 cm³/mol. The number of amides is 1. The van der Waals surface area contributed by atoms with Crippen molar-refractivity contribution in [3.63, 3.8) is 0 Å². The van der Waals surface area contributed by atoms with Crippen LogP contribution < -0.4 is 5.32 Å². The first-order valence-corrected chi connectivity index (χ1v) is 9.24. The third kappa shape index (κ3) is 4.41. The van der Waals surface area contributed by atoms with Crippen LogP contribution in [-0.4, -0.2) is 20.4 Å². The van der Waals surface area contributed by atoms with E-state index < -0.39 is 20.8 Å². The molecule has 0 bridgehead atoms. The summed E-state index contributed by atoms with van der Waals surface area (Å²) in [6.45, 7) is 0. The second kappa shape index (κ2) is 6.75. The third-order valence-corrected chi connectivity index (χ3v) is 5.01. The van der Waals surface area contributed by atoms with Crippen molar-refractivity contribution >= 4 is 25.6 Å². The Kier molecular flexibility index (Phi) is 5.22. The van der Waals surface area contributed by atoms with Gasteiger partial charge in [0.1, 0.15) is 5.82 Å². The summed E-state index contributed by atoms with van der Waals surface area (Å²) >= 11 is 0. The molecule has 0 aliphatic heterocycles. The van der Waals surface area contributed by atoms with Gasteiger partial charge in [0.05, 0.1) is 10.5 Å². The standard InChI is InChI=1S/C14H17ClFNO3S/c15-21(19,20)11-7-8-12(13(16)9-11)14(18)17-10-5-3-1-2-4-6-10/h7-10H,1-6H2,(H,17,18). The van der Waals surface area contributed by atoms with Crippen LogP contribution in [0.5, 0.6) is 0 Å². The number of nitrogens with one attached hydrogen (secondary N) is 1. The summed E-state index contributed by atoms with van der Waals surface area (Å²) in [5.74, 6) is -1.40. The summed E-state index contributed by atoms with van der Waals surface area (Å²) in [7, 11) is 1.14. The molecule has 1 N–H and O–H groups in total. The molecule has 1 aliphatic rings. The Hall–Kier alpha value is -1.14. The molecule has 0 saturated heterocycles. The Morgan fingerprint density at radius 2 is 1.81 bits per heavy atom.